The molecule has 42 heavy (non-hydrogen) atoms. The molecular formula is C28H24IN5O8. The first-order valence-corrected chi connectivity index (χ1v) is 13.2. The highest BCUT2D eigenvalue weighted by atomic mass is 127. The first-order valence-electron chi connectivity index (χ1n) is 12.2. The Morgan fingerprint density at radius 2 is 1.50 bits per heavy atom. The lowest BCUT2D eigenvalue weighted by Gasteiger charge is -2.28. The van der Waals surface area contributed by atoms with Gasteiger partial charge in [-0.05, 0) is 83.3 Å². The normalized spacial score (nSPS) is 14.8. The van der Waals surface area contributed by atoms with E-state index in [1.807, 2.05) is 0 Å². The highest BCUT2D eigenvalue weighted by Crippen LogP contribution is 2.38. The maximum Gasteiger partial charge on any atom is 0.335 e. The summed E-state index contributed by atoms with van der Waals surface area (Å²) in [6.45, 7) is 0. The summed E-state index contributed by atoms with van der Waals surface area (Å²) >= 11 is 2.08. The number of amides is 6. The Morgan fingerprint density at radius 3 is 2.07 bits per heavy atom. The fourth-order valence-electron chi connectivity index (χ4n) is 3.91. The van der Waals surface area contributed by atoms with Crippen LogP contribution in [0, 0.1) is 9.49 Å². The zero-order valence-corrected chi connectivity index (χ0v) is 24.6. The number of imide groups is 2. The molecule has 3 N–H and O–H groups in total. The number of rotatable bonds is 9. The first kappa shape index (κ1) is 30.0. The molecular weight excluding hydrogens is 661 g/mol. The second-order valence-electron chi connectivity index (χ2n) is 8.59. The molecule has 1 atom stereocenters. The van der Waals surface area contributed by atoms with Gasteiger partial charge in [0.1, 0.15) is 0 Å². The van der Waals surface area contributed by atoms with E-state index in [9.17, 15) is 24.0 Å². The number of anilines is 2. The second kappa shape index (κ2) is 13.1. The number of nitrogens with one attached hydrogen (secondary N) is 3. The van der Waals surface area contributed by atoms with Crippen molar-refractivity contribution >= 4 is 69.8 Å². The lowest BCUT2D eigenvalue weighted by atomic mass is 10.1. The molecule has 0 saturated carbocycles. The monoisotopic (exact) mass is 685 g/mol. The molecule has 3 aromatic rings. The maximum atomic E-state index is 12.9. The summed E-state index contributed by atoms with van der Waals surface area (Å²) in [5, 5.41) is 8.58. The molecule has 1 heterocycles. The van der Waals surface area contributed by atoms with Gasteiger partial charge in [0.25, 0.3) is 17.7 Å². The van der Waals surface area contributed by atoms with Crippen LogP contribution in [0.15, 0.2) is 65.8 Å². The molecule has 14 heteroatoms. The number of benzene rings is 3. The molecule has 0 unspecified atom stereocenters. The fourth-order valence-corrected chi connectivity index (χ4v) is 4.27. The number of methoxy groups -OCH3 is 3. The molecule has 0 aromatic heterocycles. The molecule has 4 rings (SSSR count). The molecule has 1 saturated heterocycles. The molecule has 0 aliphatic carbocycles. The standard InChI is InChI=1S/C28H24IN5O8/c1-40-21-12-16(13-22(41-2)23(21)42-3)24(35)31-18-8-4-15(5-9-18)25(36)33-30-14-20-26(37)32-28(39)34(27(20)38)19-10-6-17(29)7-11-19/h4-14,20H,1-3H3,(H,31,35)(H,33,36)(H,32,37,39)/b30-14-/t20-/m1/s1. The predicted octanol–water partition coefficient (Wildman–Crippen LogP) is 3.18. The van der Waals surface area contributed by atoms with Gasteiger partial charge < -0.3 is 19.5 Å². The van der Waals surface area contributed by atoms with Crippen molar-refractivity contribution in [2.75, 3.05) is 31.5 Å². The SMILES string of the molecule is COc1cc(C(=O)Nc2ccc(C(=O)N/N=C\[C@@H]3C(=O)NC(=O)N(c4ccc(I)cc4)C3=O)cc2)cc(OC)c1OC. The third-order valence-electron chi connectivity index (χ3n) is 6.01. The number of carbonyl (C=O) groups excluding carboxylic acids is 5. The van der Waals surface area contributed by atoms with E-state index in [0.717, 1.165) is 14.7 Å². The number of hydrazone groups is 1. The number of halogens is 1. The van der Waals surface area contributed by atoms with Gasteiger partial charge in [-0.1, -0.05) is 0 Å². The summed E-state index contributed by atoms with van der Waals surface area (Å²) in [5.74, 6) is -3.22. The fraction of sp³-hybridized carbons (Fsp3) is 0.143. The summed E-state index contributed by atoms with van der Waals surface area (Å²) in [7, 11) is 4.34. The van der Waals surface area contributed by atoms with Gasteiger partial charge in [-0.25, -0.2) is 15.1 Å². The van der Waals surface area contributed by atoms with Crippen LogP contribution in [0.1, 0.15) is 20.7 Å². The van der Waals surface area contributed by atoms with Crippen LogP contribution < -0.4 is 35.2 Å². The lowest BCUT2D eigenvalue weighted by Crippen LogP contribution is -2.58. The van der Waals surface area contributed by atoms with Gasteiger partial charge in [0.2, 0.25) is 11.7 Å². The zero-order valence-electron chi connectivity index (χ0n) is 22.5. The van der Waals surface area contributed by atoms with Crippen LogP contribution in [0.4, 0.5) is 16.2 Å². The Bertz CT molecular complexity index is 1550. The lowest BCUT2D eigenvalue weighted by molar-refractivity contribution is -0.131. The van der Waals surface area contributed by atoms with Gasteiger partial charge in [0, 0.05) is 26.6 Å². The largest absolute Gasteiger partial charge is 0.493 e. The van der Waals surface area contributed by atoms with Crippen LogP contribution in [0.5, 0.6) is 17.2 Å². The van der Waals surface area contributed by atoms with E-state index in [2.05, 4.69) is 43.8 Å². The molecule has 1 aliphatic rings. The van der Waals surface area contributed by atoms with Gasteiger partial charge in [-0.15, -0.1) is 0 Å². The van der Waals surface area contributed by atoms with E-state index in [1.165, 1.54) is 57.7 Å². The minimum atomic E-state index is -1.44. The zero-order chi connectivity index (χ0) is 30.4. The minimum Gasteiger partial charge on any atom is -0.493 e. The third kappa shape index (κ3) is 6.49. The Morgan fingerprint density at radius 1 is 0.881 bits per heavy atom. The quantitative estimate of drug-likeness (QED) is 0.134. The number of barbiturate groups is 1. The van der Waals surface area contributed by atoms with Crippen molar-refractivity contribution in [1.82, 2.24) is 10.7 Å². The van der Waals surface area contributed by atoms with E-state index in [-0.39, 0.29) is 16.8 Å². The average molecular weight is 685 g/mol. The van der Waals surface area contributed by atoms with Gasteiger partial charge in [-0.3, -0.25) is 24.5 Å². The Kier molecular flexibility index (Phi) is 9.36. The van der Waals surface area contributed by atoms with Crippen molar-refractivity contribution < 1.29 is 38.2 Å². The van der Waals surface area contributed by atoms with Gasteiger partial charge in [0.05, 0.1) is 27.0 Å². The molecule has 0 bridgehead atoms. The second-order valence-corrected chi connectivity index (χ2v) is 9.83. The molecule has 6 amide bonds. The highest BCUT2D eigenvalue weighted by molar-refractivity contribution is 14.1. The van der Waals surface area contributed by atoms with Crippen LogP contribution in [-0.4, -0.2) is 57.2 Å². The smallest absolute Gasteiger partial charge is 0.335 e. The van der Waals surface area contributed by atoms with E-state index < -0.39 is 35.6 Å². The molecule has 0 spiro atoms. The van der Waals surface area contributed by atoms with Crippen molar-refractivity contribution in [2.45, 2.75) is 0 Å². The number of ether oxygens (including phenoxy) is 3. The topological polar surface area (TPSA) is 165 Å². The highest BCUT2D eigenvalue weighted by Gasteiger charge is 2.40. The summed E-state index contributed by atoms with van der Waals surface area (Å²) in [5.41, 5.74) is 3.38. The number of urea groups is 1. The van der Waals surface area contributed by atoms with Crippen LogP contribution in [0.3, 0.4) is 0 Å². The van der Waals surface area contributed by atoms with Crippen molar-refractivity contribution in [3.63, 3.8) is 0 Å². The Hall–Kier alpha value is -4.99. The number of hydrogen-bond donors (Lipinski definition) is 3. The van der Waals surface area contributed by atoms with Gasteiger partial charge in [0.15, 0.2) is 17.4 Å². The summed E-state index contributed by atoms with van der Waals surface area (Å²) in [6.07, 6.45) is 0.952. The van der Waals surface area contributed by atoms with Crippen molar-refractivity contribution in [3.8, 4) is 17.2 Å². The Labute approximate surface area is 253 Å². The van der Waals surface area contributed by atoms with Crippen LogP contribution in [0.2, 0.25) is 0 Å². The average Bonchev–Trinajstić information content (AvgIpc) is 2.99. The van der Waals surface area contributed by atoms with E-state index in [1.54, 1.807) is 24.3 Å². The maximum absolute atomic E-state index is 12.9. The summed E-state index contributed by atoms with van der Waals surface area (Å²) < 4.78 is 16.7. The summed E-state index contributed by atoms with van der Waals surface area (Å²) in [6, 6.07) is 14.6. The van der Waals surface area contributed by atoms with Crippen LogP contribution in [0.25, 0.3) is 0 Å². The van der Waals surface area contributed by atoms with Crippen molar-refractivity contribution in [1.29, 1.82) is 0 Å². The van der Waals surface area contributed by atoms with E-state index in [0.29, 0.717) is 22.9 Å². The number of carbonyl (C=O) groups is 5. The first-order chi connectivity index (χ1) is 20.2. The van der Waals surface area contributed by atoms with Crippen LogP contribution in [-0.2, 0) is 9.59 Å². The van der Waals surface area contributed by atoms with E-state index in [4.69, 9.17) is 14.2 Å². The van der Waals surface area contributed by atoms with E-state index >= 15 is 0 Å². The Balaban J connectivity index is 1.39. The number of nitrogens with zero attached hydrogens (tertiary/aromatic N) is 2. The van der Waals surface area contributed by atoms with Crippen molar-refractivity contribution in [2.24, 2.45) is 11.0 Å². The minimum absolute atomic E-state index is 0.188. The molecule has 3 aromatic carbocycles. The van der Waals surface area contributed by atoms with Gasteiger partial charge in [-0.2, -0.15) is 5.10 Å². The number of hydrogen-bond acceptors (Lipinski definition) is 9. The summed E-state index contributed by atoms with van der Waals surface area (Å²) in [4.78, 5) is 63.7. The predicted molar refractivity (Wildman–Crippen MR) is 160 cm³/mol. The molecule has 1 aliphatic heterocycles. The molecule has 1 fully saturated rings. The third-order valence-corrected chi connectivity index (χ3v) is 6.73. The van der Waals surface area contributed by atoms with Crippen LogP contribution >= 0.6 is 22.6 Å². The molecule has 0 radical (unpaired) electrons. The molecule has 13 nitrogen and oxygen atoms in total. The van der Waals surface area contributed by atoms with Crippen molar-refractivity contribution in [3.05, 3.63) is 75.4 Å². The molecule has 216 valence electrons. The van der Waals surface area contributed by atoms with Gasteiger partial charge >= 0.3 is 6.03 Å².